The number of amides is 1. The van der Waals surface area contributed by atoms with Gasteiger partial charge in [-0.3, -0.25) is 9.89 Å². The molecule has 1 fully saturated rings. The molecule has 3 heterocycles. The summed E-state index contributed by atoms with van der Waals surface area (Å²) in [4.78, 5) is 17.2. The number of benzene rings is 2. The lowest BCUT2D eigenvalue weighted by atomic mass is 9.91. The Balaban J connectivity index is 1.32. The molecule has 0 saturated heterocycles. The van der Waals surface area contributed by atoms with E-state index in [9.17, 15) is 4.79 Å². The molecule has 0 unspecified atom stereocenters. The van der Waals surface area contributed by atoms with Gasteiger partial charge in [0, 0.05) is 23.1 Å². The molecule has 1 spiro atoms. The van der Waals surface area contributed by atoms with Gasteiger partial charge in [-0.1, -0.05) is 6.07 Å². The van der Waals surface area contributed by atoms with Crippen LogP contribution < -0.4 is 24.8 Å². The monoisotopic (exact) mass is 457 g/mol. The number of methoxy groups -OCH3 is 3. The van der Waals surface area contributed by atoms with E-state index in [0.717, 1.165) is 39.9 Å². The predicted molar refractivity (Wildman–Crippen MR) is 127 cm³/mol. The third-order valence-electron chi connectivity index (χ3n) is 6.82. The molecule has 0 radical (unpaired) electrons. The Morgan fingerprint density at radius 1 is 1.03 bits per heavy atom. The van der Waals surface area contributed by atoms with Crippen LogP contribution in [0.3, 0.4) is 0 Å². The van der Waals surface area contributed by atoms with Crippen molar-refractivity contribution in [3.8, 4) is 17.4 Å². The van der Waals surface area contributed by atoms with E-state index in [0.29, 0.717) is 23.1 Å². The fraction of sp³-hybridized carbons (Fsp3) is 0.240. The van der Waals surface area contributed by atoms with Crippen LogP contribution >= 0.6 is 0 Å². The SMILES string of the molecule is COc1cnc(OC)c(Nc2n[nH]c3cc([C@@H]4C[C@@]45C(=O)Nc4ccc(OC)cc45)ccc23)c1. The van der Waals surface area contributed by atoms with Crippen molar-refractivity contribution in [3.05, 3.63) is 59.8 Å². The highest BCUT2D eigenvalue weighted by molar-refractivity contribution is 6.10. The minimum atomic E-state index is -0.543. The Morgan fingerprint density at radius 2 is 1.88 bits per heavy atom. The highest BCUT2D eigenvalue weighted by atomic mass is 16.5. The number of fused-ring (bicyclic) bond motifs is 3. The highest BCUT2D eigenvalue weighted by Gasteiger charge is 2.65. The molecule has 9 nitrogen and oxygen atoms in total. The van der Waals surface area contributed by atoms with E-state index in [-0.39, 0.29) is 11.8 Å². The number of ether oxygens (including phenoxy) is 3. The fourth-order valence-corrected chi connectivity index (χ4v) is 4.97. The number of carbonyl (C=O) groups excluding carboxylic acids is 1. The molecule has 3 N–H and O–H groups in total. The predicted octanol–water partition coefficient (Wildman–Crippen LogP) is 4.10. The number of H-pyrrole nitrogens is 1. The molecule has 9 heteroatoms. The normalized spacial score (nSPS) is 20.2. The lowest BCUT2D eigenvalue weighted by molar-refractivity contribution is -0.118. The number of nitrogens with one attached hydrogen (secondary N) is 3. The molecule has 2 aliphatic rings. The molecule has 1 saturated carbocycles. The zero-order valence-corrected chi connectivity index (χ0v) is 18.9. The van der Waals surface area contributed by atoms with Gasteiger partial charge in [0.15, 0.2) is 5.82 Å². The quantitative estimate of drug-likeness (QED) is 0.400. The van der Waals surface area contributed by atoms with Gasteiger partial charge in [0.2, 0.25) is 11.8 Å². The molecular weight excluding hydrogens is 434 g/mol. The fourth-order valence-electron chi connectivity index (χ4n) is 4.97. The number of hydrogen-bond acceptors (Lipinski definition) is 7. The second kappa shape index (κ2) is 7.38. The summed E-state index contributed by atoms with van der Waals surface area (Å²) in [7, 11) is 4.79. The first-order valence-corrected chi connectivity index (χ1v) is 10.9. The first-order chi connectivity index (χ1) is 16.6. The number of hydrogen-bond donors (Lipinski definition) is 3. The van der Waals surface area contributed by atoms with Crippen LogP contribution in [0.2, 0.25) is 0 Å². The Kier molecular flexibility index (Phi) is 4.41. The molecule has 4 aromatic rings. The van der Waals surface area contributed by atoms with Gasteiger partial charge in [0.25, 0.3) is 0 Å². The number of carbonyl (C=O) groups is 1. The highest BCUT2D eigenvalue weighted by Crippen LogP contribution is 2.65. The van der Waals surface area contributed by atoms with Gasteiger partial charge in [0.1, 0.15) is 17.2 Å². The third-order valence-corrected chi connectivity index (χ3v) is 6.82. The van der Waals surface area contributed by atoms with Crippen molar-refractivity contribution in [1.29, 1.82) is 0 Å². The summed E-state index contributed by atoms with van der Waals surface area (Å²) in [5.41, 5.74) is 3.94. The smallest absolute Gasteiger partial charge is 0.237 e. The average molecular weight is 457 g/mol. The largest absolute Gasteiger partial charge is 0.497 e. The Labute approximate surface area is 195 Å². The van der Waals surface area contributed by atoms with Gasteiger partial charge in [-0.25, -0.2) is 4.98 Å². The lowest BCUT2D eigenvalue weighted by Crippen LogP contribution is -2.21. The maximum absolute atomic E-state index is 13.0. The summed E-state index contributed by atoms with van der Waals surface area (Å²) in [5, 5.41) is 14.8. The van der Waals surface area contributed by atoms with Gasteiger partial charge < -0.3 is 24.8 Å². The maximum atomic E-state index is 13.0. The molecule has 2 atom stereocenters. The number of pyridine rings is 1. The molecule has 172 valence electrons. The summed E-state index contributed by atoms with van der Waals surface area (Å²) < 4.78 is 16.0. The summed E-state index contributed by atoms with van der Waals surface area (Å²) in [6.45, 7) is 0. The lowest BCUT2D eigenvalue weighted by Gasteiger charge is -2.11. The van der Waals surface area contributed by atoms with E-state index in [1.807, 2.05) is 24.3 Å². The third kappa shape index (κ3) is 2.89. The second-order valence-electron chi connectivity index (χ2n) is 8.53. The number of aromatic amines is 1. The minimum Gasteiger partial charge on any atom is -0.497 e. The molecule has 2 aromatic carbocycles. The van der Waals surface area contributed by atoms with Gasteiger partial charge in [-0.15, -0.1) is 0 Å². The van der Waals surface area contributed by atoms with Crippen LogP contribution in [0.25, 0.3) is 10.9 Å². The van der Waals surface area contributed by atoms with E-state index < -0.39 is 5.41 Å². The van der Waals surface area contributed by atoms with E-state index in [2.05, 4.69) is 37.9 Å². The molecule has 0 bridgehead atoms. The summed E-state index contributed by atoms with van der Waals surface area (Å²) in [5.74, 6) is 2.58. The van der Waals surface area contributed by atoms with E-state index in [4.69, 9.17) is 14.2 Å². The molecular formula is C25H23N5O4. The first-order valence-electron chi connectivity index (χ1n) is 10.9. The maximum Gasteiger partial charge on any atom is 0.237 e. The Bertz CT molecular complexity index is 1450. The van der Waals surface area contributed by atoms with Crippen LogP contribution in [-0.2, 0) is 10.2 Å². The average Bonchev–Trinajstić information content (AvgIpc) is 3.42. The van der Waals surface area contributed by atoms with Crippen molar-refractivity contribution in [2.75, 3.05) is 32.0 Å². The Hall–Kier alpha value is -4.27. The molecule has 1 aliphatic heterocycles. The zero-order valence-electron chi connectivity index (χ0n) is 18.9. The standard InChI is InChI=1S/C25H23N5O4/c1-32-14-5-7-19-17(9-14)25(24(31)28-19)11-18(25)13-4-6-16-20(8-13)29-30-22(16)27-21-10-15(33-2)12-26-23(21)34-3/h4-10,12,18H,11H2,1-3H3,(H,28,31)(H2,27,29,30)/t18-,25-/m0/s1. The van der Waals surface area contributed by atoms with Crippen LogP contribution in [0.5, 0.6) is 17.4 Å². The van der Waals surface area contributed by atoms with Gasteiger partial charge in [-0.2, -0.15) is 5.10 Å². The van der Waals surface area contributed by atoms with Crippen molar-refractivity contribution < 1.29 is 19.0 Å². The Morgan fingerprint density at radius 3 is 2.68 bits per heavy atom. The van der Waals surface area contributed by atoms with Gasteiger partial charge in [-0.05, 0) is 47.9 Å². The molecule has 34 heavy (non-hydrogen) atoms. The molecule has 6 rings (SSSR count). The van der Waals surface area contributed by atoms with Crippen molar-refractivity contribution >= 4 is 34.0 Å². The summed E-state index contributed by atoms with van der Waals surface area (Å²) in [6, 6.07) is 13.7. The first kappa shape index (κ1) is 20.3. The number of rotatable bonds is 6. The van der Waals surface area contributed by atoms with Crippen molar-refractivity contribution in [2.24, 2.45) is 0 Å². The van der Waals surface area contributed by atoms with Crippen molar-refractivity contribution in [1.82, 2.24) is 15.2 Å². The number of nitrogens with zero attached hydrogens (tertiary/aromatic N) is 2. The summed E-state index contributed by atoms with van der Waals surface area (Å²) >= 11 is 0. The van der Waals surface area contributed by atoms with E-state index in [1.54, 1.807) is 33.6 Å². The summed E-state index contributed by atoms with van der Waals surface area (Å²) in [6.07, 6.45) is 2.35. The minimum absolute atomic E-state index is 0.0467. The molecule has 1 amide bonds. The van der Waals surface area contributed by atoms with Crippen LogP contribution in [0.1, 0.15) is 23.5 Å². The van der Waals surface area contributed by atoms with Crippen molar-refractivity contribution in [3.63, 3.8) is 0 Å². The van der Waals surface area contributed by atoms with Crippen LogP contribution in [0.4, 0.5) is 17.2 Å². The number of anilines is 3. The number of aromatic nitrogens is 3. The topological polar surface area (TPSA) is 110 Å². The second-order valence-corrected chi connectivity index (χ2v) is 8.53. The molecule has 2 aromatic heterocycles. The van der Waals surface area contributed by atoms with Gasteiger partial charge >= 0.3 is 0 Å². The van der Waals surface area contributed by atoms with Crippen LogP contribution in [-0.4, -0.2) is 42.4 Å². The van der Waals surface area contributed by atoms with E-state index >= 15 is 0 Å². The van der Waals surface area contributed by atoms with Gasteiger partial charge in [0.05, 0.1) is 38.5 Å². The van der Waals surface area contributed by atoms with Crippen LogP contribution in [0, 0.1) is 0 Å². The van der Waals surface area contributed by atoms with Crippen LogP contribution in [0.15, 0.2) is 48.7 Å². The molecule has 1 aliphatic carbocycles. The zero-order chi connectivity index (χ0) is 23.4. The van der Waals surface area contributed by atoms with E-state index in [1.165, 1.54) is 0 Å². The van der Waals surface area contributed by atoms with Crippen molar-refractivity contribution in [2.45, 2.75) is 17.8 Å².